The van der Waals surface area contributed by atoms with Crippen LogP contribution in [0.1, 0.15) is 12.8 Å². The van der Waals surface area contributed by atoms with Crippen LogP contribution in [0.4, 0.5) is 14.5 Å². The second-order valence-electron chi connectivity index (χ2n) is 4.74. The summed E-state index contributed by atoms with van der Waals surface area (Å²) in [6, 6.07) is 3.22. The lowest BCUT2D eigenvalue weighted by atomic mass is 9.98. The first kappa shape index (κ1) is 14.6. The Kier molecular flexibility index (Phi) is 4.49. The van der Waals surface area contributed by atoms with Gasteiger partial charge in [0.2, 0.25) is 5.91 Å². The smallest absolute Gasteiger partial charge is 0.222 e. The monoisotopic (exact) mass is 299 g/mol. The Morgan fingerprint density at radius 1 is 1.45 bits per heavy atom. The van der Waals surface area contributed by atoms with Crippen LogP contribution in [0, 0.1) is 17.6 Å². The number of nitrogens with zero attached hydrogens (tertiary/aromatic N) is 1. The molecule has 1 saturated heterocycles. The lowest BCUT2D eigenvalue weighted by Crippen LogP contribution is -2.45. The molecule has 0 aliphatic carbocycles. The molecule has 2 rings (SSSR count). The van der Waals surface area contributed by atoms with E-state index in [0.29, 0.717) is 18.2 Å². The molecule has 1 atom stereocenters. The summed E-state index contributed by atoms with van der Waals surface area (Å²) in [5.41, 5.74) is 5.40. The summed E-state index contributed by atoms with van der Waals surface area (Å²) in [6.07, 6.45) is 1.53. The van der Waals surface area contributed by atoms with Crippen LogP contribution in [-0.4, -0.2) is 29.0 Å². The minimum atomic E-state index is -0.712. The molecule has 1 aliphatic rings. The molecule has 0 bridgehead atoms. The first-order valence-corrected chi connectivity index (χ1v) is 6.68. The second-order valence-corrected chi connectivity index (χ2v) is 5.13. The summed E-state index contributed by atoms with van der Waals surface area (Å²) >= 11 is 5.19. The Labute approximate surface area is 120 Å². The minimum Gasteiger partial charge on any atom is -0.369 e. The van der Waals surface area contributed by atoms with E-state index in [0.717, 1.165) is 25.0 Å². The third-order valence-corrected chi connectivity index (χ3v) is 3.64. The molecule has 108 valence electrons. The summed E-state index contributed by atoms with van der Waals surface area (Å²) in [5, 5.41) is 3.04. The largest absolute Gasteiger partial charge is 0.369 e. The molecule has 4 nitrogen and oxygen atoms in total. The van der Waals surface area contributed by atoms with E-state index < -0.39 is 11.6 Å². The maximum Gasteiger partial charge on any atom is 0.222 e. The van der Waals surface area contributed by atoms with Crippen molar-refractivity contribution in [1.29, 1.82) is 0 Å². The van der Waals surface area contributed by atoms with Crippen LogP contribution in [0.2, 0.25) is 0 Å². The number of hydrogen-bond acceptors (Lipinski definition) is 2. The first-order valence-electron chi connectivity index (χ1n) is 6.27. The van der Waals surface area contributed by atoms with Gasteiger partial charge < -0.3 is 16.0 Å². The van der Waals surface area contributed by atoms with Crippen molar-refractivity contribution in [2.24, 2.45) is 11.7 Å². The number of halogens is 2. The first-order chi connectivity index (χ1) is 9.47. The minimum absolute atomic E-state index is 0.109. The predicted molar refractivity (Wildman–Crippen MR) is 76.1 cm³/mol. The molecule has 0 radical (unpaired) electrons. The van der Waals surface area contributed by atoms with Crippen molar-refractivity contribution in [3.8, 4) is 0 Å². The maximum absolute atomic E-state index is 13.5. The van der Waals surface area contributed by atoms with Gasteiger partial charge in [0.15, 0.2) is 5.11 Å². The van der Waals surface area contributed by atoms with Gasteiger partial charge in [-0.25, -0.2) is 8.78 Å². The summed E-state index contributed by atoms with van der Waals surface area (Å²) < 4.78 is 26.3. The quantitative estimate of drug-likeness (QED) is 0.818. The Hall–Kier alpha value is -1.76. The van der Waals surface area contributed by atoms with E-state index in [4.69, 9.17) is 18.0 Å². The molecule has 0 aromatic heterocycles. The molecule has 1 fully saturated rings. The molecule has 1 aromatic rings. The molecule has 1 unspecified atom stereocenters. The number of carbonyl (C=O) groups is 1. The van der Waals surface area contributed by atoms with Gasteiger partial charge in [-0.1, -0.05) is 0 Å². The van der Waals surface area contributed by atoms with Crippen LogP contribution < -0.4 is 11.1 Å². The number of nitrogens with one attached hydrogen (secondary N) is 1. The van der Waals surface area contributed by atoms with Gasteiger partial charge in [-0.05, 0) is 37.2 Å². The maximum atomic E-state index is 13.5. The molecule has 1 aromatic carbocycles. The van der Waals surface area contributed by atoms with Crippen molar-refractivity contribution in [2.45, 2.75) is 12.8 Å². The van der Waals surface area contributed by atoms with Gasteiger partial charge in [0.1, 0.15) is 11.6 Å². The summed E-state index contributed by atoms with van der Waals surface area (Å²) in [4.78, 5) is 13.0. The van der Waals surface area contributed by atoms with Crippen molar-refractivity contribution in [1.82, 2.24) is 4.90 Å². The highest BCUT2D eigenvalue weighted by Crippen LogP contribution is 2.19. The number of hydrogen-bond donors (Lipinski definition) is 2. The average Bonchev–Trinajstić information content (AvgIpc) is 2.42. The van der Waals surface area contributed by atoms with Crippen molar-refractivity contribution in [2.75, 3.05) is 18.4 Å². The number of likely N-dealkylation sites (tertiary alicyclic amines) is 1. The fraction of sp³-hybridized carbons (Fsp3) is 0.385. The van der Waals surface area contributed by atoms with E-state index in [-0.39, 0.29) is 17.5 Å². The standard InChI is InChI=1S/C13H15F2N3OS/c14-9-3-4-11(10(15)6-9)17-13(20)18-5-1-2-8(7-18)12(16)19/h3-4,6,8H,1-2,5,7H2,(H2,16,19)(H,17,20). The third kappa shape index (κ3) is 3.41. The van der Waals surface area contributed by atoms with Gasteiger partial charge >= 0.3 is 0 Å². The number of anilines is 1. The van der Waals surface area contributed by atoms with Gasteiger partial charge in [-0.15, -0.1) is 0 Å². The van der Waals surface area contributed by atoms with Gasteiger partial charge in [-0.2, -0.15) is 0 Å². The Bertz CT molecular complexity index is 538. The molecular formula is C13H15F2N3OS. The SMILES string of the molecule is NC(=O)C1CCCN(C(=S)Nc2ccc(F)cc2F)C1. The topological polar surface area (TPSA) is 58.4 Å². The number of piperidine rings is 1. The highest BCUT2D eigenvalue weighted by atomic mass is 32.1. The number of amides is 1. The van der Waals surface area contributed by atoms with Crippen molar-refractivity contribution in [3.63, 3.8) is 0 Å². The molecule has 20 heavy (non-hydrogen) atoms. The van der Waals surface area contributed by atoms with Crippen LogP contribution >= 0.6 is 12.2 Å². The average molecular weight is 299 g/mol. The van der Waals surface area contributed by atoms with Gasteiger partial charge in [0, 0.05) is 19.2 Å². The number of carbonyl (C=O) groups excluding carboxylic acids is 1. The van der Waals surface area contributed by atoms with Crippen molar-refractivity contribution >= 4 is 28.9 Å². The fourth-order valence-electron chi connectivity index (χ4n) is 2.18. The zero-order valence-corrected chi connectivity index (χ0v) is 11.6. The van der Waals surface area contributed by atoms with Crippen LogP contribution in [0.3, 0.4) is 0 Å². The van der Waals surface area contributed by atoms with E-state index in [9.17, 15) is 13.6 Å². The van der Waals surface area contributed by atoms with E-state index in [1.54, 1.807) is 4.90 Å². The lowest BCUT2D eigenvalue weighted by Gasteiger charge is -2.33. The van der Waals surface area contributed by atoms with Gasteiger partial charge in [-0.3, -0.25) is 4.79 Å². The summed E-state index contributed by atoms with van der Waals surface area (Å²) in [6.45, 7) is 1.10. The molecule has 7 heteroatoms. The molecule has 0 spiro atoms. The van der Waals surface area contributed by atoms with Crippen molar-refractivity contribution in [3.05, 3.63) is 29.8 Å². The molecular weight excluding hydrogens is 284 g/mol. The normalized spacial score (nSPS) is 18.7. The molecule has 1 aliphatic heterocycles. The highest BCUT2D eigenvalue weighted by molar-refractivity contribution is 7.80. The Morgan fingerprint density at radius 3 is 2.85 bits per heavy atom. The summed E-state index contributed by atoms with van der Waals surface area (Å²) in [5.74, 6) is -1.96. The van der Waals surface area contributed by atoms with Crippen LogP contribution in [0.5, 0.6) is 0 Å². The molecule has 3 N–H and O–H groups in total. The van der Waals surface area contributed by atoms with Crippen LogP contribution in [0.25, 0.3) is 0 Å². The van der Waals surface area contributed by atoms with E-state index in [2.05, 4.69) is 5.32 Å². The van der Waals surface area contributed by atoms with E-state index >= 15 is 0 Å². The third-order valence-electron chi connectivity index (χ3n) is 3.28. The second kappa shape index (κ2) is 6.13. The summed E-state index contributed by atoms with van der Waals surface area (Å²) in [7, 11) is 0. The fourth-order valence-corrected chi connectivity index (χ4v) is 2.45. The number of rotatable bonds is 2. The van der Waals surface area contributed by atoms with E-state index in [1.807, 2.05) is 0 Å². The Balaban J connectivity index is 2.02. The number of primary amides is 1. The molecule has 1 amide bonds. The van der Waals surface area contributed by atoms with Gasteiger partial charge in [0.05, 0.1) is 11.6 Å². The number of thiocarbonyl (C=S) groups is 1. The predicted octanol–water partition coefficient (Wildman–Crippen LogP) is 1.86. The number of benzene rings is 1. The highest BCUT2D eigenvalue weighted by Gasteiger charge is 2.25. The Morgan fingerprint density at radius 2 is 2.20 bits per heavy atom. The molecule has 0 saturated carbocycles. The van der Waals surface area contributed by atoms with Crippen LogP contribution in [0.15, 0.2) is 18.2 Å². The lowest BCUT2D eigenvalue weighted by molar-refractivity contribution is -0.122. The number of nitrogens with two attached hydrogens (primary N) is 1. The zero-order valence-electron chi connectivity index (χ0n) is 10.7. The van der Waals surface area contributed by atoms with Gasteiger partial charge in [0.25, 0.3) is 0 Å². The zero-order chi connectivity index (χ0) is 14.7. The van der Waals surface area contributed by atoms with E-state index in [1.165, 1.54) is 6.07 Å². The van der Waals surface area contributed by atoms with Crippen LogP contribution in [-0.2, 0) is 4.79 Å². The van der Waals surface area contributed by atoms with Crippen molar-refractivity contribution < 1.29 is 13.6 Å². The molecule has 1 heterocycles.